The Balaban J connectivity index is 2.20. The highest BCUT2D eigenvalue weighted by Gasteiger charge is 2.42. The Kier molecular flexibility index (Phi) is 2.58. The molecule has 76 valence electrons. The smallest absolute Gasteiger partial charge is 0.0330 e. The minimum absolute atomic E-state index is 0.374. The Labute approximate surface area is 90.1 Å². The first-order valence-corrected chi connectivity index (χ1v) is 5.93. The van der Waals surface area contributed by atoms with Crippen molar-refractivity contribution in [2.45, 2.75) is 36.3 Å². The predicted molar refractivity (Wildman–Crippen MR) is 62.8 cm³/mol. The van der Waals surface area contributed by atoms with Crippen LogP contribution in [0.3, 0.4) is 0 Å². The number of benzene rings is 1. The van der Waals surface area contributed by atoms with Crippen molar-refractivity contribution in [1.82, 2.24) is 0 Å². The van der Waals surface area contributed by atoms with Gasteiger partial charge in [-0.15, -0.1) is 11.8 Å². The normalized spacial score (nSPS) is 18.2. The molecule has 0 heterocycles. The zero-order valence-electron chi connectivity index (χ0n) is 8.84. The van der Waals surface area contributed by atoms with Crippen LogP contribution in [0, 0.1) is 13.8 Å². The van der Waals surface area contributed by atoms with E-state index in [1.54, 1.807) is 0 Å². The first-order valence-electron chi connectivity index (χ1n) is 5.12. The molecule has 0 bridgehead atoms. The second-order valence-electron chi connectivity index (χ2n) is 4.26. The van der Waals surface area contributed by atoms with E-state index in [2.05, 4.69) is 32.0 Å². The van der Waals surface area contributed by atoms with Crippen molar-refractivity contribution >= 4 is 11.8 Å². The van der Waals surface area contributed by atoms with Gasteiger partial charge in [0.15, 0.2) is 0 Å². The summed E-state index contributed by atoms with van der Waals surface area (Å²) < 4.78 is 0.374. The Morgan fingerprint density at radius 2 is 2.07 bits per heavy atom. The molecular weight excluding hydrogens is 190 g/mol. The van der Waals surface area contributed by atoms with Gasteiger partial charge in [0, 0.05) is 16.2 Å². The lowest BCUT2D eigenvalue weighted by molar-refractivity contribution is 0.898. The molecule has 1 saturated carbocycles. The molecular formula is C12H17NS. The van der Waals surface area contributed by atoms with Gasteiger partial charge in [-0.05, 0) is 38.3 Å². The second kappa shape index (κ2) is 3.59. The molecule has 1 aliphatic carbocycles. The molecule has 1 fully saturated rings. The van der Waals surface area contributed by atoms with E-state index in [1.807, 2.05) is 11.8 Å². The number of aryl methyl sites for hydroxylation is 2. The molecule has 0 saturated heterocycles. The fraction of sp³-hybridized carbons (Fsp3) is 0.500. The van der Waals surface area contributed by atoms with Crippen LogP contribution in [0.5, 0.6) is 0 Å². The molecule has 1 aromatic rings. The van der Waals surface area contributed by atoms with E-state index < -0.39 is 0 Å². The zero-order valence-corrected chi connectivity index (χ0v) is 9.66. The van der Waals surface area contributed by atoms with Crippen molar-refractivity contribution in [3.63, 3.8) is 0 Å². The third-order valence-electron chi connectivity index (χ3n) is 2.85. The summed E-state index contributed by atoms with van der Waals surface area (Å²) in [5.74, 6) is 0. The van der Waals surface area contributed by atoms with E-state index in [-0.39, 0.29) is 0 Å². The maximum Gasteiger partial charge on any atom is 0.0330 e. The number of nitrogens with two attached hydrogens (primary N) is 1. The summed E-state index contributed by atoms with van der Waals surface area (Å²) in [4.78, 5) is 1.41. The summed E-state index contributed by atoms with van der Waals surface area (Å²) in [6, 6.07) is 6.64. The number of hydrogen-bond donors (Lipinski definition) is 1. The monoisotopic (exact) mass is 207 g/mol. The topological polar surface area (TPSA) is 26.0 Å². The summed E-state index contributed by atoms with van der Waals surface area (Å²) in [6.07, 6.45) is 2.56. The average molecular weight is 207 g/mol. The number of hydrogen-bond acceptors (Lipinski definition) is 2. The zero-order chi connectivity index (χ0) is 10.2. The minimum atomic E-state index is 0.374. The molecule has 14 heavy (non-hydrogen) atoms. The molecule has 1 nitrogen and oxygen atoms in total. The summed E-state index contributed by atoms with van der Waals surface area (Å²) in [5, 5.41) is 0. The Morgan fingerprint density at radius 3 is 2.64 bits per heavy atom. The number of thioether (sulfide) groups is 1. The van der Waals surface area contributed by atoms with Gasteiger partial charge in [-0.25, -0.2) is 0 Å². The molecule has 2 rings (SSSR count). The van der Waals surface area contributed by atoms with Crippen LogP contribution in [-0.4, -0.2) is 11.3 Å². The van der Waals surface area contributed by atoms with Crippen molar-refractivity contribution in [3.05, 3.63) is 29.3 Å². The summed E-state index contributed by atoms with van der Waals surface area (Å²) in [6.45, 7) is 5.13. The minimum Gasteiger partial charge on any atom is -0.329 e. The van der Waals surface area contributed by atoms with Crippen molar-refractivity contribution in [2.75, 3.05) is 6.54 Å². The second-order valence-corrected chi connectivity index (χ2v) is 5.77. The predicted octanol–water partition coefficient (Wildman–Crippen LogP) is 2.89. The highest BCUT2D eigenvalue weighted by molar-refractivity contribution is 8.01. The van der Waals surface area contributed by atoms with Crippen molar-refractivity contribution in [2.24, 2.45) is 5.73 Å². The van der Waals surface area contributed by atoms with Gasteiger partial charge >= 0.3 is 0 Å². The van der Waals surface area contributed by atoms with E-state index in [1.165, 1.54) is 28.9 Å². The molecule has 0 aliphatic heterocycles. The molecule has 0 aromatic heterocycles. The van der Waals surface area contributed by atoms with Crippen molar-refractivity contribution in [1.29, 1.82) is 0 Å². The fourth-order valence-electron chi connectivity index (χ4n) is 1.54. The molecule has 1 aromatic carbocycles. The summed E-state index contributed by atoms with van der Waals surface area (Å²) in [7, 11) is 0. The highest BCUT2D eigenvalue weighted by Crippen LogP contribution is 2.51. The van der Waals surface area contributed by atoms with Crippen LogP contribution < -0.4 is 5.73 Å². The summed E-state index contributed by atoms with van der Waals surface area (Å²) in [5.41, 5.74) is 8.50. The van der Waals surface area contributed by atoms with Crippen molar-refractivity contribution < 1.29 is 0 Å². The number of rotatable bonds is 3. The van der Waals surface area contributed by atoms with E-state index in [0.29, 0.717) is 4.75 Å². The van der Waals surface area contributed by atoms with E-state index in [9.17, 15) is 0 Å². The lowest BCUT2D eigenvalue weighted by Gasteiger charge is -2.14. The van der Waals surface area contributed by atoms with Gasteiger partial charge in [-0.3, -0.25) is 0 Å². The Morgan fingerprint density at radius 1 is 1.36 bits per heavy atom. The molecule has 2 heteroatoms. The molecule has 0 unspecified atom stereocenters. The van der Waals surface area contributed by atoms with Crippen molar-refractivity contribution in [3.8, 4) is 0 Å². The fourth-order valence-corrected chi connectivity index (χ4v) is 2.87. The van der Waals surface area contributed by atoms with Gasteiger partial charge in [0.05, 0.1) is 0 Å². The first-order chi connectivity index (χ1) is 6.65. The third kappa shape index (κ3) is 1.96. The maximum atomic E-state index is 5.78. The Hall–Kier alpha value is -0.470. The first kappa shape index (κ1) is 10.1. The van der Waals surface area contributed by atoms with E-state index in [0.717, 1.165) is 6.54 Å². The lowest BCUT2D eigenvalue weighted by atomic mass is 10.2. The van der Waals surface area contributed by atoms with Gasteiger partial charge in [-0.2, -0.15) is 0 Å². The van der Waals surface area contributed by atoms with Crippen LogP contribution in [0.15, 0.2) is 23.1 Å². The standard InChI is InChI=1S/C12H17NS/c1-9-3-4-10(2)11(7-9)14-12(8-13)5-6-12/h3-4,7H,5-6,8,13H2,1-2H3. The largest absolute Gasteiger partial charge is 0.329 e. The van der Waals surface area contributed by atoms with E-state index in [4.69, 9.17) is 5.73 Å². The van der Waals surface area contributed by atoms with Gasteiger partial charge in [0.1, 0.15) is 0 Å². The molecule has 0 radical (unpaired) electrons. The highest BCUT2D eigenvalue weighted by atomic mass is 32.2. The summed E-state index contributed by atoms with van der Waals surface area (Å²) >= 11 is 1.97. The van der Waals surface area contributed by atoms with Crippen LogP contribution in [0.25, 0.3) is 0 Å². The Bertz CT molecular complexity index is 342. The molecule has 0 spiro atoms. The maximum absolute atomic E-state index is 5.78. The lowest BCUT2D eigenvalue weighted by Crippen LogP contribution is -2.17. The molecule has 0 amide bonds. The van der Waals surface area contributed by atoms with Crippen LogP contribution in [0.2, 0.25) is 0 Å². The third-order valence-corrected chi connectivity index (χ3v) is 4.52. The van der Waals surface area contributed by atoms with E-state index >= 15 is 0 Å². The van der Waals surface area contributed by atoms with Crippen LogP contribution in [0.4, 0.5) is 0 Å². The van der Waals surface area contributed by atoms with Crippen LogP contribution in [0.1, 0.15) is 24.0 Å². The quantitative estimate of drug-likeness (QED) is 0.824. The van der Waals surface area contributed by atoms with Gasteiger partial charge in [-0.1, -0.05) is 17.7 Å². The van der Waals surface area contributed by atoms with Crippen LogP contribution in [-0.2, 0) is 0 Å². The van der Waals surface area contributed by atoms with Gasteiger partial charge in [0.25, 0.3) is 0 Å². The SMILES string of the molecule is Cc1ccc(C)c(SC2(CN)CC2)c1. The average Bonchev–Trinajstić information content (AvgIpc) is 2.92. The molecule has 2 N–H and O–H groups in total. The molecule has 1 aliphatic rings. The molecule has 0 atom stereocenters. The van der Waals surface area contributed by atoms with Gasteiger partial charge < -0.3 is 5.73 Å². The van der Waals surface area contributed by atoms with Gasteiger partial charge in [0.2, 0.25) is 0 Å². The van der Waals surface area contributed by atoms with Crippen LogP contribution >= 0.6 is 11.8 Å².